The van der Waals surface area contributed by atoms with Crippen molar-refractivity contribution in [3.63, 3.8) is 0 Å². The maximum absolute atomic E-state index is 14.9. The Labute approximate surface area is 690 Å². The smallest absolute Gasteiger partial charge is 0.243 e. The average Bonchev–Trinajstić information content (AvgIpc) is 1.71. The number of H-pyrrole nitrogens is 1. The number of amides is 13. The van der Waals surface area contributed by atoms with Crippen molar-refractivity contribution >= 4 is 117 Å². The van der Waals surface area contributed by atoms with E-state index in [-0.39, 0.29) is 146 Å². The van der Waals surface area contributed by atoms with Crippen LogP contribution in [0.25, 0.3) is 10.9 Å². The predicted molar refractivity (Wildman–Crippen MR) is 453 cm³/mol. The summed E-state index contributed by atoms with van der Waals surface area (Å²) in [5.74, 6) is -12.5. The van der Waals surface area contributed by atoms with Crippen molar-refractivity contribution in [1.29, 1.82) is 0 Å². The number of primary amides is 1. The number of rotatable bonds is 59. The van der Waals surface area contributed by atoms with E-state index in [4.69, 9.17) is 63.1 Å². The van der Waals surface area contributed by atoms with Crippen molar-refractivity contribution in [3.8, 4) is 0 Å². The molecule has 1 aromatic carbocycles. The standard InChI is InChI=1S/C76H137N27O13S/c1-41(2)38-56(70(113)96-51(26-15-18-33-79)64(107)93-49(24-13-16-31-77)63(106)94-50(25-14-17-32-78)65(108)97-55(30-37-117-10)69(112)101-58(42(3)4)61(81)104)100-73(116)60(44(7)8)102-68(111)54(29-21-36-90-76(86)87)95-66(109)53(28-20-35-89-75(84)85)98-72(115)59(43(5)6)103-71(114)57(39-46-40-91-48-23-12-11-22-47(46)48)99-67(110)52(92-62(105)45(9)80)27-19-34-88-74(82)83/h11-12,22-23,40-45,49-60,91H,13-21,24-39,77-80H2,1-10H3,(H2,81,104)(H,92,105)(H,93,107)(H,94,106)(H,95,109)(H,96,113)(H,97,108)(H,98,115)(H,99,110)(H,100,116)(H,101,112)(H,102,111)(H,103,114)(H4,82,83,88)(H4,84,85,89)(H4,86,87,90)/t45-,49-,50-,51-,52-,53-,54-,55-,56-,57-,58-,59-,60-/m0/s1. The fraction of sp³-hybridized carbons (Fsp3) is 0.684. The zero-order valence-corrected chi connectivity index (χ0v) is 70.6. The third-order valence-corrected chi connectivity index (χ3v) is 19.6. The molecule has 0 unspecified atom stereocenters. The van der Waals surface area contributed by atoms with E-state index >= 15 is 0 Å². The summed E-state index contributed by atoms with van der Waals surface area (Å²) in [6.07, 6.45) is 6.18. The first-order chi connectivity index (χ1) is 55.3. The van der Waals surface area contributed by atoms with Crippen LogP contribution in [0.5, 0.6) is 0 Å². The van der Waals surface area contributed by atoms with Crippen LogP contribution in [-0.4, -0.2) is 229 Å². The minimum atomic E-state index is -1.47. The van der Waals surface area contributed by atoms with Gasteiger partial charge in [-0.25, -0.2) is 0 Å². The first-order valence-electron chi connectivity index (χ1n) is 40.3. The van der Waals surface area contributed by atoms with E-state index < -0.39 is 167 Å². The maximum Gasteiger partial charge on any atom is 0.243 e. The number of carbonyl (C=O) groups is 13. The van der Waals surface area contributed by atoms with Crippen molar-refractivity contribution in [1.82, 2.24) is 68.8 Å². The SMILES string of the molecule is CSCC[C@H](NC(=O)[C@H](CCCCN)NC(=O)[C@H](CCCCN)NC(=O)[C@H](CCCCN)NC(=O)[C@H](CC(C)C)NC(=O)[C@@H](NC(=O)[C@H](CCCN=C(N)N)NC(=O)[C@H](CCCN=C(N)N)NC(=O)[C@@H](NC(=O)[C@H](Cc1c[nH]c2ccccc12)NC(=O)[C@H](CCCN=C(N)N)NC(=O)[C@H](C)N)C(C)C)C(C)C)C(=O)N[C@H](C(N)=O)C(C)C. The van der Waals surface area contributed by atoms with Crippen LogP contribution in [0.15, 0.2) is 45.4 Å². The molecule has 0 saturated carbocycles. The molecule has 2 aromatic rings. The molecule has 35 N–H and O–H groups in total. The molecule has 40 nitrogen and oxygen atoms in total. The molecule has 0 saturated heterocycles. The van der Waals surface area contributed by atoms with Gasteiger partial charge in [-0.3, -0.25) is 77.3 Å². The van der Waals surface area contributed by atoms with Gasteiger partial charge in [0.05, 0.1) is 6.04 Å². The van der Waals surface area contributed by atoms with Gasteiger partial charge >= 0.3 is 0 Å². The van der Waals surface area contributed by atoms with E-state index in [0.29, 0.717) is 49.8 Å². The molecule has 0 bridgehead atoms. The molecule has 0 aliphatic rings. The highest BCUT2D eigenvalue weighted by molar-refractivity contribution is 7.98. The van der Waals surface area contributed by atoms with Crippen molar-refractivity contribution in [2.45, 2.75) is 256 Å². The highest BCUT2D eigenvalue weighted by atomic mass is 32.2. The number of hydrogen-bond acceptors (Lipinski definition) is 21. The molecule has 41 heteroatoms. The van der Waals surface area contributed by atoms with Gasteiger partial charge in [0.1, 0.15) is 72.5 Å². The summed E-state index contributed by atoms with van der Waals surface area (Å²) in [7, 11) is 0. The van der Waals surface area contributed by atoms with Gasteiger partial charge in [0.15, 0.2) is 17.9 Å². The number of carbonyl (C=O) groups excluding carboxylic acids is 13. The first kappa shape index (κ1) is 103. The number of para-hydroxylation sites is 1. The van der Waals surface area contributed by atoms with Crippen LogP contribution in [-0.2, 0) is 68.7 Å². The average molecular weight is 1670 g/mol. The lowest BCUT2D eigenvalue weighted by Crippen LogP contribution is -2.62. The summed E-state index contributed by atoms with van der Waals surface area (Å²) in [4.78, 5) is 201. The largest absolute Gasteiger partial charge is 0.370 e. The second-order valence-corrected chi connectivity index (χ2v) is 31.6. The Balaban J connectivity index is 2.65. The number of fused-ring (bicyclic) bond motifs is 1. The zero-order chi connectivity index (χ0) is 88.0. The molecule has 0 radical (unpaired) electrons. The van der Waals surface area contributed by atoms with Crippen LogP contribution < -0.4 is 127 Å². The lowest BCUT2D eigenvalue weighted by atomic mass is 9.98. The summed E-state index contributed by atoms with van der Waals surface area (Å²) in [6, 6.07) is -9.53. The molecule has 117 heavy (non-hydrogen) atoms. The molecule has 0 aliphatic carbocycles. The summed E-state index contributed by atoms with van der Waals surface area (Å²) >= 11 is 1.42. The minimum Gasteiger partial charge on any atom is -0.370 e. The summed E-state index contributed by atoms with van der Waals surface area (Å²) in [6.45, 7) is 15.8. The Kier molecular flexibility index (Phi) is 48.8. The third kappa shape index (κ3) is 39.6. The molecule has 1 heterocycles. The van der Waals surface area contributed by atoms with Crippen LogP contribution in [0, 0.1) is 23.7 Å². The highest BCUT2D eigenvalue weighted by Crippen LogP contribution is 2.21. The summed E-state index contributed by atoms with van der Waals surface area (Å²) in [5.41, 5.74) is 64.1. The Morgan fingerprint density at radius 1 is 0.368 bits per heavy atom. The molecule has 660 valence electrons. The Morgan fingerprint density at radius 2 is 0.667 bits per heavy atom. The quantitative estimate of drug-likeness (QED) is 0.0169. The number of nitrogens with one attached hydrogen (secondary N) is 13. The van der Waals surface area contributed by atoms with Gasteiger partial charge in [0, 0.05) is 43.2 Å². The van der Waals surface area contributed by atoms with Gasteiger partial charge in [-0.05, 0) is 183 Å². The number of unbranched alkanes of at least 4 members (excludes halogenated alkanes) is 3. The van der Waals surface area contributed by atoms with Crippen LogP contribution in [0.4, 0.5) is 0 Å². The van der Waals surface area contributed by atoms with Crippen LogP contribution >= 0.6 is 11.8 Å². The second-order valence-electron chi connectivity index (χ2n) is 30.6. The molecule has 1 aromatic heterocycles. The lowest BCUT2D eigenvalue weighted by Gasteiger charge is -2.30. The van der Waals surface area contributed by atoms with E-state index in [0.717, 1.165) is 10.9 Å². The number of hydrogen-bond donors (Lipinski definition) is 24. The summed E-state index contributed by atoms with van der Waals surface area (Å²) < 4.78 is 0. The van der Waals surface area contributed by atoms with Crippen molar-refractivity contribution in [2.24, 2.45) is 102 Å². The second kappa shape index (κ2) is 55.5. The van der Waals surface area contributed by atoms with E-state index in [1.54, 1.807) is 67.7 Å². The molecule has 2 rings (SSSR count). The molecule has 0 spiro atoms. The number of aromatic nitrogens is 1. The number of nitrogens with two attached hydrogens (primary N) is 11. The van der Waals surface area contributed by atoms with Gasteiger partial charge in [0.25, 0.3) is 0 Å². The van der Waals surface area contributed by atoms with Crippen LogP contribution in [0.1, 0.15) is 177 Å². The number of aromatic amines is 1. The summed E-state index contributed by atoms with van der Waals surface area (Å²) in [5, 5.41) is 33.7. The molecule has 13 amide bonds. The van der Waals surface area contributed by atoms with E-state index in [1.165, 1.54) is 18.7 Å². The monoisotopic (exact) mass is 1670 g/mol. The molecule has 0 fully saturated rings. The van der Waals surface area contributed by atoms with Crippen molar-refractivity contribution in [2.75, 3.05) is 51.3 Å². The number of thioether (sulfide) groups is 1. The van der Waals surface area contributed by atoms with Gasteiger partial charge < -0.3 is 132 Å². The molecule has 0 aliphatic heterocycles. The van der Waals surface area contributed by atoms with E-state index in [2.05, 4.69) is 83.8 Å². The number of aliphatic imine (C=N–C) groups is 3. The fourth-order valence-electron chi connectivity index (χ4n) is 12.4. The number of benzene rings is 1. The number of nitrogens with zero attached hydrogens (tertiary/aromatic N) is 3. The fourth-order valence-corrected chi connectivity index (χ4v) is 12.9. The normalized spacial score (nSPS) is 14.6. The Hall–Kier alpha value is -10.1. The van der Waals surface area contributed by atoms with Crippen molar-refractivity contribution < 1.29 is 62.3 Å². The van der Waals surface area contributed by atoms with Crippen LogP contribution in [0.2, 0.25) is 0 Å². The van der Waals surface area contributed by atoms with Gasteiger partial charge in [-0.2, -0.15) is 11.8 Å². The minimum absolute atomic E-state index is 0.0117. The Bertz CT molecular complexity index is 3580. The predicted octanol–water partition coefficient (Wildman–Crippen LogP) is -4.32. The Morgan fingerprint density at radius 3 is 1.00 bits per heavy atom. The van der Waals surface area contributed by atoms with Crippen LogP contribution in [0.3, 0.4) is 0 Å². The zero-order valence-electron chi connectivity index (χ0n) is 69.8. The highest BCUT2D eigenvalue weighted by Gasteiger charge is 2.39. The topological polar surface area (TPSA) is 705 Å². The van der Waals surface area contributed by atoms with Crippen molar-refractivity contribution in [3.05, 3.63) is 36.0 Å². The number of guanidine groups is 3. The maximum atomic E-state index is 14.9. The molecular formula is C76H137N27O13S. The molecule has 13 atom stereocenters. The van der Waals surface area contributed by atoms with E-state index in [9.17, 15) is 62.3 Å². The van der Waals surface area contributed by atoms with Gasteiger partial charge in [-0.15, -0.1) is 0 Å². The third-order valence-electron chi connectivity index (χ3n) is 19.0. The lowest BCUT2D eigenvalue weighted by molar-refractivity contribution is -0.137. The first-order valence-corrected chi connectivity index (χ1v) is 41.7. The van der Waals surface area contributed by atoms with E-state index in [1.807, 2.05) is 24.5 Å². The van der Waals surface area contributed by atoms with Gasteiger partial charge in [0.2, 0.25) is 76.8 Å². The molecular weight excluding hydrogens is 1530 g/mol. The van der Waals surface area contributed by atoms with Gasteiger partial charge in [-0.1, -0.05) is 73.6 Å².